The summed E-state index contributed by atoms with van der Waals surface area (Å²) in [5.74, 6) is 0.465. The van der Waals surface area contributed by atoms with Gasteiger partial charge >= 0.3 is 0 Å². The average molecular weight is 512 g/mol. The van der Waals surface area contributed by atoms with Crippen molar-refractivity contribution < 1.29 is 9.53 Å². The standard InChI is InChI=1S/C25H22ClN3O3S2/c1-15-13-17(10-11-19(15)26)32-22-18(23(30)28-12-6-5-9-21(28)27-22)14-20-24(31)29(25(33)34-20)16-7-3-2-4-8-16/h5-6,9-14,16H,2-4,7-8H2,1H3/b20-14+. The fourth-order valence-electron chi connectivity index (χ4n) is 4.34. The van der Waals surface area contributed by atoms with Crippen molar-refractivity contribution in [3.8, 4) is 11.6 Å². The van der Waals surface area contributed by atoms with Crippen molar-refractivity contribution in [2.75, 3.05) is 0 Å². The van der Waals surface area contributed by atoms with Crippen molar-refractivity contribution in [1.82, 2.24) is 14.3 Å². The van der Waals surface area contributed by atoms with Crippen molar-refractivity contribution in [3.05, 3.63) is 74.0 Å². The van der Waals surface area contributed by atoms with E-state index in [-0.39, 0.29) is 29.0 Å². The Bertz CT molecular complexity index is 1400. The second-order valence-electron chi connectivity index (χ2n) is 8.42. The molecule has 6 nitrogen and oxygen atoms in total. The Morgan fingerprint density at radius 2 is 1.97 bits per heavy atom. The Labute approximate surface area is 211 Å². The number of fused-ring (bicyclic) bond motifs is 1. The van der Waals surface area contributed by atoms with Crippen LogP contribution in [0, 0.1) is 6.92 Å². The highest BCUT2D eigenvalue weighted by atomic mass is 35.5. The molecule has 34 heavy (non-hydrogen) atoms. The molecular formula is C25H22ClN3O3S2. The molecule has 1 aliphatic carbocycles. The van der Waals surface area contributed by atoms with E-state index in [1.807, 2.05) is 6.92 Å². The number of amides is 1. The van der Waals surface area contributed by atoms with Crippen molar-refractivity contribution in [1.29, 1.82) is 0 Å². The van der Waals surface area contributed by atoms with Gasteiger partial charge in [0, 0.05) is 17.3 Å². The number of thiocarbonyl (C=S) groups is 1. The average Bonchev–Trinajstić information content (AvgIpc) is 3.12. The SMILES string of the molecule is Cc1cc(Oc2nc3ccccn3c(=O)c2/C=C2/SC(=S)N(C3CCCCC3)C2=O)ccc1Cl. The van der Waals surface area contributed by atoms with Crippen LogP contribution >= 0.6 is 35.6 Å². The summed E-state index contributed by atoms with van der Waals surface area (Å²) in [4.78, 5) is 33.4. The molecule has 0 unspecified atom stereocenters. The summed E-state index contributed by atoms with van der Waals surface area (Å²) in [5, 5.41) is 0.616. The Morgan fingerprint density at radius 1 is 1.18 bits per heavy atom. The van der Waals surface area contributed by atoms with Crippen molar-refractivity contribution in [3.63, 3.8) is 0 Å². The van der Waals surface area contributed by atoms with E-state index >= 15 is 0 Å². The fourth-order valence-corrected chi connectivity index (χ4v) is 5.84. The predicted molar refractivity (Wildman–Crippen MR) is 140 cm³/mol. The van der Waals surface area contributed by atoms with Gasteiger partial charge in [-0.05, 0) is 61.7 Å². The van der Waals surface area contributed by atoms with Gasteiger partial charge in [0.25, 0.3) is 11.5 Å². The molecule has 0 bridgehead atoms. The van der Waals surface area contributed by atoms with Gasteiger partial charge in [0.05, 0.1) is 4.91 Å². The summed E-state index contributed by atoms with van der Waals surface area (Å²) < 4.78 is 8.03. The molecule has 2 aliphatic rings. The molecule has 0 atom stereocenters. The van der Waals surface area contributed by atoms with Gasteiger partial charge in [-0.1, -0.05) is 60.9 Å². The molecule has 9 heteroatoms. The summed E-state index contributed by atoms with van der Waals surface area (Å²) in [5.41, 5.74) is 1.15. The lowest BCUT2D eigenvalue weighted by Crippen LogP contribution is -2.39. The number of benzene rings is 1. The Balaban J connectivity index is 1.58. The number of thioether (sulfide) groups is 1. The molecule has 0 spiro atoms. The third-order valence-electron chi connectivity index (χ3n) is 6.12. The number of aryl methyl sites for hydroxylation is 1. The Hall–Kier alpha value is -2.68. The highest BCUT2D eigenvalue weighted by Gasteiger charge is 2.37. The summed E-state index contributed by atoms with van der Waals surface area (Å²) in [6.45, 7) is 1.87. The van der Waals surface area contributed by atoms with Crippen molar-refractivity contribution in [2.24, 2.45) is 0 Å². The lowest BCUT2D eigenvalue weighted by atomic mass is 9.94. The molecule has 0 N–H and O–H groups in total. The monoisotopic (exact) mass is 511 g/mol. The maximum Gasteiger partial charge on any atom is 0.269 e. The number of hydrogen-bond donors (Lipinski definition) is 0. The number of aromatic nitrogens is 2. The number of pyridine rings is 1. The van der Waals surface area contributed by atoms with E-state index in [9.17, 15) is 9.59 Å². The van der Waals surface area contributed by atoms with Gasteiger partial charge in [-0.3, -0.25) is 18.9 Å². The molecule has 3 aromatic rings. The number of nitrogens with zero attached hydrogens (tertiary/aromatic N) is 3. The summed E-state index contributed by atoms with van der Waals surface area (Å²) >= 11 is 12.9. The predicted octanol–water partition coefficient (Wildman–Crippen LogP) is 5.98. The van der Waals surface area contributed by atoms with Gasteiger partial charge in [0.15, 0.2) is 0 Å². The number of carbonyl (C=O) groups is 1. The molecule has 1 aliphatic heterocycles. The van der Waals surface area contributed by atoms with Gasteiger partial charge in [0.2, 0.25) is 5.88 Å². The molecule has 3 heterocycles. The highest BCUT2D eigenvalue weighted by molar-refractivity contribution is 8.26. The first-order chi connectivity index (χ1) is 16.4. The lowest BCUT2D eigenvalue weighted by molar-refractivity contribution is -0.124. The molecule has 2 aromatic heterocycles. The fraction of sp³-hybridized carbons (Fsp3) is 0.280. The van der Waals surface area contributed by atoms with Crippen LogP contribution in [0.2, 0.25) is 5.02 Å². The molecular weight excluding hydrogens is 490 g/mol. The first-order valence-electron chi connectivity index (χ1n) is 11.1. The number of hydrogen-bond acceptors (Lipinski definition) is 6. The summed E-state index contributed by atoms with van der Waals surface area (Å²) in [6, 6.07) is 10.6. The van der Waals surface area contributed by atoms with E-state index in [0.717, 1.165) is 31.2 Å². The number of halogens is 1. The van der Waals surface area contributed by atoms with Crippen LogP contribution in [-0.2, 0) is 4.79 Å². The molecule has 2 fully saturated rings. The van der Waals surface area contributed by atoms with E-state index in [1.54, 1.807) is 53.6 Å². The molecule has 1 amide bonds. The van der Waals surface area contributed by atoms with Gasteiger partial charge in [0.1, 0.15) is 21.3 Å². The van der Waals surface area contributed by atoms with E-state index in [4.69, 9.17) is 28.6 Å². The summed E-state index contributed by atoms with van der Waals surface area (Å²) in [7, 11) is 0. The number of rotatable bonds is 4. The molecule has 0 radical (unpaired) electrons. The van der Waals surface area contributed by atoms with Crippen LogP contribution in [0.1, 0.15) is 43.2 Å². The van der Waals surface area contributed by atoms with E-state index in [1.165, 1.54) is 22.6 Å². The van der Waals surface area contributed by atoms with E-state index in [2.05, 4.69) is 4.98 Å². The Kier molecular flexibility index (Phi) is 6.46. The minimum absolute atomic E-state index is 0.121. The largest absolute Gasteiger partial charge is 0.438 e. The molecule has 174 valence electrons. The van der Waals surface area contributed by atoms with Crippen molar-refractivity contribution in [2.45, 2.75) is 45.1 Å². The van der Waals surface area contributed by atoms with Crippen LogP contribution in [0.4, 0.5) is 0 Å². The summed E-state index contributed by atoms with van der Waals surface area (Å²) in [6.07, 6.45) is 8.48. The van der Waals surface area contributed by atoms with Crippen LogP contribution in [0.3, 0.4) is 0 Å². The Morgan fingerprint density at radius 3 is 2.74 bits per heavy atom. The number of ether oxygens (including phenoxy) is 1. The van der Waals surface area contributed by atoms with Crippen LogP contribution in [0.5, 0.6) is 11.6 Å². The minimum atomic E-state index is -0.325. The zero-order chi connectivity index (χ0) is 23.8. The third-order valence-corrected chi connectivity index (χ3v) is 7.87. The van der Waals surface area contributed by atoms with Gasteiger partial charge in [-0.25, -0.2) is 0 Å². The number of carbonyl (C=O) groups excluding carboxylic acids is 1. The second-order valence-corrected chi connectivity index (χ2v) is 10.5. The molecule has 1 saturated carbocycles. The maximum atomic E-state index is 13.4. The first kappa shape index (κ1) is 23.1. The van der Waals surface area contributed by atoms with Crippen LogP contribution in [-0.4, -0.2) is 30.6 Å². The first-order valence-corrected chi connectivity index (χ1v) is 12.7. The smallest absolute Gasteiger partial charge is 0.269 e. The zero-order valence-corrected chi connectivity index (χ0v) is 20.9. The van der Waals surface area contributed by atoms with E-state index < -0.39 is 0 Å². The van der Waals surface area contributed by atoms with E-state index in [0.29, 0.717) is 25.6 Å². The van der Waals surface area contributed by atoms with Crippen LogP contribution in [0.15, 0.2) is 52.3 Å². The molecule has 5 rings (SSSR count). The minimum Gasteiger partial charge on any atom is -0.438 e. The third kappa shape index (κ3) is 4.37. The van der Waals surface area contributed by atoms with Crippen LogP contribution in [0.25, 0.3) is 11.7 Å². The van der Waals surface area contributed by atoms with Gasteiger partial charge in [-0.15, -0.1) is 0 Å². The van der Waals surface area contributed by atoms with Crippen molar-refractivity contribution >= 4 is 57.5 Å². The zero-order valence-electron chi connectivity index (χ0n) is 18.5. The topological polar surface area (TPSA) is 63.9 Å². The quantitative estimate of drug-likeness (QED) is 0.317. The van der Waals surface area contributed by atoms with Gasteiger partial charge in [-0.2, -0.15) is 4.98 Å². The molecule has 1 saturated heterocycles. The highest BCUT2D eigenvalue weighted by Crippen LogP contribution is 2.38. The van der Waals surface area contributed by atoms with Crippen LogP contribution < -0.4 is 10.3 Å². The lowest BCUT2D eigenvalue weighted by Gasteiger charge is -2.29. The normalized spacial score (nSPS) is 18.3. The second kappa shape index (κ2) is 9.52. The molecule has 1 aromatic carbocycles. The maximum absolute atomic E-state index is 13.4. The van der Waals surface area contributed by atoms with Gasteiger partial charge < -0.3 is 4.74 Å².